The second kappa shape index (κ2) is 23.9. The molecule has 0 atom stereocenters. The van der Waals surface area contributed by atoms with Gasteiger partial charge in [-0.15, -0.1) is 22.7 Å². The molecule has 4 amide bonds. The van der Waals surface area contributed by atoms with Gasteiger partial charge in [-0.3, -0.25) is 9.59 Å². The lowest BCUT2D eigenvalue weighted by atomic mass is 9.87. The SMILES string of the molecule is CC(C)(C)OC(=O)NC1(C(=O)O)CCN(c2ccccc2NC(=O)c2csc(Nc3ccsc3)n2)CC1.COC(=O)C1(NC(=O)OC(C)(C)C)CCN(c2ccccc2NC(=O)c2csc(Nc3ccsc3)n2)CC1. The summed E-state index contributed by atoms with van der Waals surface area (Å²) in [6, 6.07) is 18.7. The Morgan fingerprint density at radius 2 is 0.987 bits per heavy atom. The fourth-order valence-electron chi connectivity index (χ4n) is 8.10. The lowest BCUT2D eigenvalue weighted by Crippen LogP contribution is -2.61. The lowest BCUT2D eigenvalue weighted by molar-refractivity contribution is -0.149. The van der Waals surface area contributed by atoms with E-state index in [1.54, 1.807) is 81.0 Å². The van der Waals surface area contributed by atoms with E-state index in [0.717, 1.165) is 22.7 Å². The van der Waals surface area contributed by atoms with Gasteiger partial charge in [0, 0.05) is 47.7 Å². The molecule has 7 N–H and O–H groups in total. The molecular weight excluding hydrogens is 1040 g/mol. The highest BCUT2D eigenvalue weighted by molar-refractivity contribution is 7.14. The van der Waals surface area contributed by atoms with E-state index in [1.807, 2.05) is 81.0 Å². The smallest absolute Gasteiger partial charge is 0.408 e. The molecule has 0 spiro atoms. The van der Waals surface area contributed by atoms with Crippen LogP contribution in [-0.2, 0) is 23.8 Å². The summed E-state index contributed by atoms with van der Waals surface area (Å²) in [7, 11) is 1.30. The summed E-state index contributed by atoms with van der Waals surface area (Å²) in [5, 5.41) is 40.0. The number of hydrogen-bond acceptors (Lipinski definition) is 19. The molecule has 6 aromatic rings. The van der Waals surface area contributed by atoms with Gasteiger partial charge >= 0.3 is 24.1 Å². The third kappa shape index (κ3) is 15.0. The highest BCUT2D eigenvalue weighted by atomic mass is 32.1. The summed E-state index contributed by atoms with van der Waals surface area (Å²) < 4.78 is 15.7. The van der Waals surface area contributed by atoms with Gasteiger partial charge in [-0.05, 0) is 114 Å². The third-order valence-electron chi connectivity index (χ3n) is 11.7. The number of nitrogens with zero attached hydrogens (tertiary/aromatic N) is 4. The van der Waals surface area contributed by atoms with Gasteiger partial charge < -0.3 is 61.0 Å². The molecule has 2 aliphatic heterocycles. The van der Waals surface area contributed by atoms with Crippen LogP contribution in [0.15, 0.2) is 92.9 Å². The molecule has 2 saturated heterocycles. The fourth-order valence-corrected chi connectivity index (χ4v) is 10.7. The number of alkyl carbamates (subject to hydrolysis) is 2. The topological polar surface area (TPSA) is 255 Å². The summed E-state index contributed by atoms with van der Waals surface area (Å²) in [5.41, 5.74) is 1.19. The molecule has 0 aliphatic carbocycles. The van der Waals surface area contributed by atoms with Gasteiger partial charge in [0.1, 0.15) is 33.7 Å². The molecule has 2 fully saturated rings. The van der Waals surface area contributed by atoms with Crippen molar-refractivity contribution >= 4 is 126 Å². The Labute approximate surface area is 450 Å². The first-order chi connectivity index (χ1) is 35.6. The average Bonchev–Trinajstić information content (AvgIpc) is 4.22. The fraction of sp³-hybridized carbons (Fsp3) is 0.373. The first-order valence-corrected chi connectivity index (χ1v) is 27.4. The predicted octanol–water partition coefficient (Wildman–Crippen LogP) is 10.4. The van der Waals surface area contributed by atoms with Crippen molar-refractivity contribution in [2.45, 2.75) is 89.5 Å². The van der Waals surface area contributed by atoms with Crippen LogP contribution in [0, 0.1) is 0 Å². The number of ether oxygens (including phenoxy) is 3. The molecule has 75 heavy (non-hydrogen) atoms. The normalized spacial score (nSPS) is 15.0. The second-order valence-electron chi connectivity index (χ2n) is 19.5. The molecule has 20 nitrogen and oxygen atoms in total. The largest absolute Gasteiger partial charge is 0.480 e. The summed E-state index contributed by atoms with van der Waals surface area (Å²) in [6.07, 6.45) is -0.455. The van der Waals surface area contributed by atoms with Crippen LogP contribution < -0.4 is 41.7 Å². The van der Waals surface area contributed by atoms with Crippen LogP contribution in [0.4, 0.5) is 54.0 Å². The minimum Gasteiger partial charge on any atom is -0.480 e. The molecule has 0 bridgehead atoms. The van der Waals surface area contributed by atoms with E-state index in [4.69, 9.17) is 14.2 Å². The van der Waals surface area contributed by atoms with Crippen molar-refractivity contribution in [1.29, 1.82) is 0 Å². The maximum absolute atomic E-state index is 13.0. The monoisotopic (exact) mass is 1100 g/mol. The van der Waals surface area contributed by atoms with Crippen molar-refractivity contribution in [2.75, 3.05) is 64.4 Å². The Bertz CT molecular complexity index is 2930. The number of thiophene rings is 2. The number of carbonyl (C=O) groups is 6. The van der Waals surface area contributed by atoms with Crippen molar-refractivity contribution in [3.05, 3.63) is 104 Å². The van der Waals surface area contributed by atoms with Gasteiger partial charge in [0.25, 0.3) is 11.8 Å². The van der Waals surface area contributed by atoms with Crippen molar-refractivity contribution in [1.82, 2.24) is 20.6 Å². The number of carbonyl (C=O) groups excluding carboxylic acids is 5. The molecule has 6 heterocycles. The number of methoxy groups -OCH3 is 1. The van der Waals surface area contributed by atoms with E-state index in [2.05, 4.69) is 46.8 Å². The Kier molecular flexibility index (Phi) is 17.7. The molecule has 2 aliphatic rings. The van der Waals surface area contributed by atoms with Gasteiger partial charge in [-0.1, -0.05) is 24.3 Å². The lowest BCUT2D eigenvalue weighted by Gasteiger charge is -2.41. The number of aromatic nitrogens is 2. The van der Waals surface area contributed by atoms with Crippen LogP contribution in [0.2, 0.25) is 0 Å². The Hall–Kier alpha value is -7.28. The first kappa shape index (κ1) is 55.5. The summed E-state index contributed by atoms with van der Waals surface area (Å²) in [5.74, 6) is -2.28. The van der Waals surface area contributed by atoms with Gasteiger partial charge in [0.15, 0.2) is 10.3 Å². The van der Waals surface area contributed by atoms with E-state index in [-0.39, 0.29) is 24.7 Å². The van der Waals surface area contributed by atoms with E-state index in [1.165, 1.54) is 29.8 Å². The van der Waals surface area contributed by atoms with Crippen molar-refractivity contribution in [3.8, 4) is 0 Å². The van der Waals surface area contributed by atoms with Crippen molar-refractivity contribution in [3.63, 3.8) is 0 Å². The highest BCUT2D eigenvalue weighted by Crippen LogP contribution is 2.35. The van der Waals surface area contributed by atoms with Crippen LogP contribution in [0.1, 0.15) is 88.2 Å². The predicted molar refractivity (Wildman–Crippen MR) is 295 cm³/mol. The molecular formula is C51H60N10O10S4. The number of carboxylic acids is 1. The standard InChI is InChI=1S/C26H31N5O5S2.C25H29N5O5S2/c1-25(2,3)36-24(34)30-26(22(33)35-4)10-12-31(13-11-26)20-8-6-5-7-18(20)28-21(32)19-16-38-23(29-19)27-17-9-14-37-15-17;1-24(2,3)35-23(34)29-25(21(32)33)9-11-30(12-10-25)19-7-5-4-6-17(19)27-20(31)18-15-37-22(28-18)26-16-8-13-36-14-16/h5-9,14-16H,10-13H2,1-4H3,(H,27,29)(H,28,32)(H,30,34);4-8,13-15H,9-12H2,1-3H3,(H,26,28)(H,27,31)(H,29,34)(H,32,33). The zero-order valence-corrected chi connectivity index (χ0v) is 45.7. The zero-order valence-electron chi connectivity index (χ0n) is 42.4. The van der Waals surface area contributed by atoms with Gasteiger partial charge in [0.2, 0.25) is 0 Å². The number of nitrogens with one attached hydrogen (secondary N) is 6. The van der Waals surface area contributed by atoms with Crippen LogP contribution in [0.5, 0.6) is 0 Å². The summed E-state index contributed by atoms with van der Waals surface area (Å²) in [4.78, 5) is 88.5. The van der Waals surface area contributed by atoms with E-state index in [0.29, 0.717) is 72.0 Å². The number of hydrogen-bond donors (Lipinski definition) is 7. The molecule has 0 saturated carbocycles. The van der Waals surface area contributed by atoms with Crippen molar-refractivity contribution < 1.29 is 48.1 Å². The van der Waals surface area contributed by atoms with Gasteiger partial charge in [-0.2, -0.15) is 22.7 Å². The summed E-state index contributed by atoms with van der Waals surface area (Å²) in [6.45, 7) is 12.1. The highest BCUT2D eigenvalue weighted by Gasteiger charge is 2.46. The van der Waals surface area contributed by atoms with E-state index in [9.17, 15) is 33.9 Å². The van der Waals surface area contributed by atoms with Gasteiger partial charge in [0.05, 0.1) is 41.2 Å². The number of esters is 1. The number of anilines is 8. The van der Waals surface area contributed by atoms with E-state index >= 15 is 0 Å². The molecule has 8 rings (SSSR count). The minimum absolute atomic E-state index is 0.174. The maximum atomic E-state index is 13.0. The Morgan fingerprint density at radius 1 is 0.587 bits per heavy atom. The molecule has 24 heteroatoms. The Morgan fingerprint density at radius 3 is 1.36 bits per heavy atom. The maximum Gasteiger partial charge on any atom is 0.408 e. The molecule has 4 aromatic heterocycles. The van der Waals surface area contributed by atoms with Crippen molar-refractivity contribution in [2.24, 2.45) is 0 Å². The van der Waals surface area contributed by atoms with Gasteiger partial charge in [-0.25, -0.2) is 29.1 Å². The van der Waals surface area contributed by atoms with Crippen LogP contribution in [0.25, 0.3) is 0 Å². The van der Waals surface area contributed by atoms with Crippen LogP contribution >= 0.6 is 45.3 Å². The number of benzene rings is 2. The number of piperidine rings is 2. The number of rotatable bonds is 14. The number of carboxylic acid groups (broad SMARTS) is 1. The quantitative estimate of drug-likeness (QED) is 0.0395. The average molecular weight is 1100 g/mol. The first-order valence-electron chi connectivity index (χ1n) is 23.8. The van der Waals surface area contributed by atoms with E-state index < -0.39 is 46.4 Å². The molecule has 0 radical (unpaired) electrons. The molecule has 398 valence electrons. The molecule has 0 unspecified atom stereocenters. The third-order valence-corrected chi connectivity index (χ3v) is 14.6. The molecule has 2 aromatic carbocycles. The Balaban J connectivity index is 0.000000219. The van der Waals surface area contributed by atoms with Crippen LogP contribution in [0.3, 0.4) is 0 Å². The second-order valence-corrected chi connectivity index (χ2v) is 22.8. The van der Waals surface area contributed by atoms with Crippen LogP contribution in [-0.4, -0.2) is 107 Å². The summed E-state index contributed by atoms with van der Waals surface area (Å²) >= 11 is 5.83. The minimum atomic E-state index is -1.43. The number of thiazole rings is 2. The number of amides is 4. The number of aliphatic carboxylic acids is 1. The number of para-hydroxylation sites is 4. The zero-order chi connectivity index (χ0) is 54.0.